The molecule has 1 saturated heterocycles. The maximum Gasteiger partial charge on any atom is 0.353 e. The van der Waals surface area contributed by atoms with Crippen LogP contribution in [0.1, 0.15) is 19.8 Å². The van der Waals surface area contributed by atoms with E-state index in [1.54, 1.807) is 0 Å². The number of carboxylic acid groups (broad SMARTS) is 1. The lowest BCUT2D eigenvalue weighted by Crippen LogP contribution is -2.48. The third-order valence-corrected chi connectivity index (χ3v) is 5.27. The van der Waals surface area contributed by atoms with Gasteiger partial charge in [-0.25, -0.2) is 4.79 Å². The van der Waals surface area contributed by atoms with Crippen molar-refractivity contribution in [2.45, 2.75) is 25.1 Å². The number of thiocarbonyl (C=S) groups is 1. The van der Waals surface area contributed by atoms with Crippen molar-refractivity contribution >= 4 is 52.0 Å². The third kappa shape index (κ3) is 3.06. The zero-order chi connectivity index (χ0) is 14.0. The summed E-state index contributed by atoms with van der Waals surface area (Å²) in [7, 11) is 0. The van der Waals surface area contributed by atoms with Crippen LogP contribution in [0, 0.1) is 0 Å². The average molecular weight is 319 g/mol. The second kappa shape index (κ2) is 6.15. The summed E-state index contributed by atoms with van der Waals surface area (Å²) in [6, 6.07) is 0. The molecule has 1 N–H and O–H groups in total. The number of carboxylic acids is 1. The van der Waals surface area contributed by atoms with Crippen LogP contribution in [0.4, 0.5) is 0 Å². The van der Waals surface area contributed by atoms with E-state index in [0.717, 1.165) is 4.91 Å². The molecule has 19 heavy (non-hydrogen) atoms. The van der Waals surface area contributed by atoms with Crippen LogP contribution in [-0.4, -0.2) is 44.0 Å². The number of β-lactam (4-membered cyclic amide) rings is 1. The Hall–Kier alpha value is -0.730. The van der Waals surface area contributed by atoms with Crippen molar-refractivity contribution < 1.29 is 19.4 Å². The second-order valence-corrected chi connectivity index (χ2v) is 6.87. The smallest absolute Gasteiger partial charge is 0.353 e. The van der Waals surface area contributed by atoms with Crippen LogP contribution in [0.3, 0.4) is 0 Å². The van der Waals surface area contributed by atoms with E-state index in [9.17, 15) is 14.7 Å². The molecule has 0 aliphatic carbocycles. The Bertz CT molecular complexity index is 463. The minimum absolute atomic E-state index is 0.0163. The first-order chi connectivity index (χ1) is 9.04. The number of hydrogen-bond donors (Lipinski definition) is 1. The maximum absolute atomic E-state index is 11.4. The van der Waals surface area contributed by atoms with Gasteiger partial charge in [-0.15, -0.1) is 11.8 Å². The molecule has 0 aromatic heterocycles. The second-order valence-electron chi connectivity index (χ2n) is 3.90. The van der Waals surface area contributed by atoms with Gasteiger partial charge in [-0.2, -0.15) is 0 Å². The Morgan fingerprint density at radius 2 is 2.42 bits per heavy atom. The minimum Gasteiger partial charge on any atom is -0.479 e. The van der Waals surface area contributed by atoms with Crippen molar-refractivity contribution in [1.29, 1.82) is 0 Å². The van der Waals surface area contributed by atoms with Gasteiger partial charge in [0, 0.05) is 10.7 Å². The van der Waals surface area contributed by atoms with E-state index in [1.807, 2.05) is 6.92 Å². The zero-order valence-corrected chi connectivity index (χ0v) is 12.7. The van der Waals surface area contributed by atoms with Gasteiger partial charge in [0.1, 0.15) is 5.70 Å². The molecule has 104 valence electrons. The van der Waals surface area contributed by atoms with E-state index in [4.69, 9.17) is 17.0 Å². The largest absolute Gasteiger partial charge is 0.479 e. The Balaban J connectivity index is 1.94. The first-order valence-electron chi connectivity index (χ1n) is 5.79. The van der Waals surface area contributed by atoms with Crippen LogP contribution in [-0.2, 0) is 14.3 Å². The molecule has 0 radical (unpaired) electrons. The SMILES string of the molecule is CCOC(=S)SCCC1=C(C(=O)O)N2C(=O)C[C@H]2S1. The molecule has 0 aromatic rings. The number of allylic oxidation sites excluding steroid dienone is 1. The van der Waals surface area contributed by atoms with E-state index < -0.39 is 5.97 Å². The average Bonchev–Trinajstić information content (AvgIpc) is 2.62. The molecular formula is C11H13NO4S3. The van der Waals surface area contributed by atoms with E-state index >= 15 is 0 Å². The summed E-state index contributed by atoms with van der Waals surface area (Å²) >= 11 is 7.85. The third-order valence-electron chi connectivity index (χ3n) is 2.70. The summed E-state index contributed by atoms with van der Waals surface area (Å²) in [5, 5.41) is 9.18. The Labute approximate surface area is 124 Å². The van der Waals surface area contributed by atoms with Gasteiger partial charge in [0.15, 0.2) is 0 Å². The number of carbonyl (C=O) groups is 2. The van der Waals surface area contributed by atoms with Crippen molar-refractivity contribution in [3.8, 4) is 0 Å². The lowest BCUT2D eigenvalue weighted by molar-refractivity contribution is -0.145. The van der Waals surface area contributed by atoms with Gasteiger partial charge in [0.25, 0.3) is 0 Å². The highest BCUT2D eigenvalue weighted by Gasteiger charge is 2.47. The molecule has 2 aliphatic heterocycles. The summed E-state index contributed by atoms with van der Waals surface area (Å²) in [6.45, 7) is 2.40. The Morgan fingerprint density at radius 3 is 3.00 bits per heavy atom. The number of carbonyl (C=O) groups excluding carboxylic acids is 1. The highest BCUT2D eigenvalue weighted by atomic mass is 32.2. The number of thioether (sulfide) groups is 2. The van der Waals surface area contributed by atoms with Crippen molar-refractivity contribution in [3.05, 3.63) is 10.6 Å². The number of aliphatic carboxylic acids is 1. The summed E-state index contributed by atoms with van der Waals surface area (Å²) in [6.07, 6.45) is 1.01. The highest BCUT2D eigenvalue weighted by Crippen LogP contribution is 2.47. The van der Waals surface area contributed by atoms with Crippen LogP contribution in [0.5, 0.6) is 0 Å². The molecule has 1 amide bonds. The minimum atomic E-state index is -1.03. The van der Waals surface area contributed by atoms with Gasteiger partial charge >= 0.3 is 5.97 Å². The van der Waals surface area contributed by atoms with E-state index in [0.29, 0.717) is 29.6 Å². The van der Waals surface area contributed by atoms with Crippen LogP contribution < -0.4 is 0 Å². The number of amides is 1. The molecule has 0 unspecified atom stereocenters. The number of ether oxygens (including phenoxy) is 1. The van der Waals surface area contributed by atoms with Crippen LogP contribution in [0.2, 0.25) is 0 Å². The van der Waals surface area contributed by atoms with Crippen molar-refractivity contribution in [2.75, 3.05) is 12.4 Å². The topological polar surface area (TPSA) is 66.8 Å². The quantitative estimate of drug-likeness (QED) is 0.614. The molecular weight excluding hydrogens is 306 g/mol. The summed E-state index contributed by atoms with van der Waals surface area (Å²) < 4.78 is 5.62. The lowest BCUT2D eigenvalue weighted by atomic mass is 10.1. The van der Waals surface area contributed by atoms with E-state index in [1.165, 1.54) is 28.4 Å². The number of rotatable bonds is 5. The molecule has 0 saturated carbocycles. The Morgan fingerprint density at radius 1 is 1.68 bits per heavy atom. The molecule has 2 rings (SSSR count). The van der Waals surface area contributed by atoms with Gasteiger partial charge in [0.05, 0.1) is 18.4 Å². The number of nitrogens with zero attached hydrogens (tertiary/aromatic N) is 1. The first-order valence-corrected chi connectivity index (χ1v) is 8.06. The molecule has 1 fully saturated rings. The predicted molar refractivity (Wildman–Crippen MR) is 78.8 cm³/mol. The molecule has 2 heterocycles. The lowest BCUT2D eigenvalue weighted by Gasteiger charge is -2.33. The number of fused-ring (bicyclic) bond motifs is 1. The van der Waals surface area contributed by atoms with Gasteiger partial charge in [0.2, 0.25) is 10.3 Å². The van der Waals surface area contributed by atoms with Crippen molar-refractivity contribution in [3.63, 3.8) is 0 Å². The molecule has 5 nitrogen and oxygen atoms in total. The normalized spacial score (nSPS) is 21.2. The standard InChI is InChI=1S/C11H13NO4S3/c1-2-16-11(17)18-4-3-6-9(10(14)15)12-7(13)5-8(12)19-6/h8H,2-5H2,1H3,(H,14,15)/t8-/m1/s1. The first kappa shape index (κ1) is 14.7. The van der Waals surface area contributed by atoms with E-state index in [-0.39, 0.29) is 17.0 Å². The molecule has 0 spiro atoms. The van der Waals surface area contributed by atoms with Gasteiger partial charge in [-0.1, -0.05) is 11.8 Å². The van der Waals surface area contributed by atoms with E-state index in [2.05, 4.69) is 0 Å². The van der Waals surface area contributed by atoms with Crippen LogP contribution in [0.15, 0.2) is 10.6 Å². The zero-order valence-electron chi connectivity index (χ0n) is 10.2. The van der Waals surface area contributed by atoms with Gasteiger partial charge in [-0.3, -0.25) is 9.69 Å². The van der Waals surface area contributed by atoms with Crippen LogP contribution >= 0.6 is 35.7 Å². The molecule has 1 atom stereocenters. The fourth-order valence-corrected chi connectivity index (χ4v) is 4.46. The fourth-order valence-electron chi connectivity index (χ4n) is 1.89. The summed E-state index contributed by atoms with van der Waals surface area (Å²) in [5.41, 5.74) is 0.147. The highest BCUT2D eigenvalue weighted by molar-refractivity contribution is 8.22. The maximum atomic E-state index is 11.4. The van der Waals surface area contributed by atoms with Crippen molar-refractivity contribution in [2.24, 2.45) is 0 Å². The molecule has 0 bridgehead atoms. The monoisotopic (exact) mass is 319 g/mol. The van der Waals surface area contributed by atoms with Gasteiger partial charge in [-0.05, 0) is 25.6 Å². The fraction of sp³-hybridized carbons (Fsp3) is 0.545. The summed E-state index contributed by atoms with van der Waals surface area (Å²) in [4.78, 5) is 24.8. The van der Waals surface area contributed by atoms with Crippen molar-refractivity contribution in [1.82, 2.24) is 4.90 Å². The number of hydrogen-bond acceptors (Lipinski definition) is 6. The van der Waals surface area contributed by atoms with Gasteiger partial charge < -0.3 is 9.84 Å². The Kier molecular flexibility index (Phi) is 4.75. The summed E-state index contributed by atoms with van der Waals surface area (Å²) in [5.74, 6) is -0.481. The predicted octanol–water partition coefficient (Wildman–Crippen LogP) is 2.03. The van der Waals surface area contributed by atoms with Crippen LogP contribution in [0.25, 0.3) is 0 Å². The molecule has 0 aromatic carbocycles. The molecule has 8 heteroatoms. The molecule has 2 aliphatic rings.